The Morgan fingerprint density at radius 2 is 1.88 bits per heavy atom. The standard InChI is InChI=1S/C22H29FN4O5S2/c1-22(2,31-3)20-24-21(33-25-20)26-10-7-14(8-11-26)27-12-9-18(19(27)28)32-17-6-5-15(13-16(17)23)34(4,29)30/h5-6,13-14,18H,7-12H2,1-4H3. The second-order valence-electron chi connectivity index (χ2n) is 9.12. The number of ether oxygens (including phenoxy) is 2. The summed E-state index contributed by atoms with van der Waals surface area (Å²) in [5, 5.41) is 0.848. The molecule has 2 aromatic rings. The molecule has 2 aliphatic heterocycles. The first-order valence-corrected chi connectivity index (χ1v) is 13.8. The van der Waals surface area contributed by atoms with Crippen molar-refractivity contribution in [3.8, 4) is 5.75 Å². The minimum Gasteiger partial charge on any atom is -0.477 e. The molecule has 1 aromatic heterocycles. The number of sulfone groups is 1. The van der Waals surface area contributed by atoms with E-state index >= 15 is 0 Å². The Balaban J connectivity index is 1.34. The van der Waals surface area contributed by atoms with Crippen molar-refractivity contribution < 1.29 is 27.1 Å². The van der Waals surface area contributed by atoms with Gasteiger partial charge in [-0.1, -0.05) is 0 Å². The van der Waals surface area contributed by atoms with Crippen LogP contribution in [-0.4, -0.2) is 73.7 Å². The zero-order valence-corrected chi connectivity index (χ0v) is 21.3. The summed E-state index contributed by atoms with van der Waals surface area (Å²) in [6.45, 7) is 5.90. The molecule has 3 heterocycles. The maximum absolute atomic E-state index is 14.4. The maximum Gasteiger partial charge on any atom is 0.263 e. The molecule has 0 saturated carbocycles. The summed E-state index contributed by atoms with van der Waals surface area (Å²) < 4.78 is 53.1. The highest BCUT2D eigenvalue weighted by molar-refractivity contribution is 7.90. The molecule has 2 aliphatic rings. The molecule has 0 bridgehead atoms. The lowest BCUT2D eigenvalue weighted by molar-refractivity contribution is -0.135. The van der Waals surface area contributed by atoms with Gasteiger partial charge in [0.2, 0.25) is 5.13 Å². The highest BCUT2D eigenvalue weighted by Gasteiger charge is 2.39. The number of rotatable bonds is 7. The molecular weight excluding hydrogens is 483 g/mol. The Labute approximate surface area is 203 Å². The van der Waals surface area contributed by atoms with E-state index in [1.165, 1.54) is 23.7 Å². The number of halogens is 1. The number of piperidine rings is 1. The fraction of sp³-hybridized carbons (Fsp3) is 0.591. The molecular formula is C22H29FN4O5S2. The Kier molecular flexibility index (Phi) is 6.85. The van der Waals surface area contributed by atoms with Gasteiger partial charge in [0, 0.05) is 57.0 Å². The van der Waals surface area contributed by atoms with E-state index < -0.39 is 27.4 Å². The van der Waals surface area contributed by atoms with Gasteiger partial charge in [-0.05, 0) is 44.9 Å². The van der Waals surface area contributed by atoms with Crippen LogP contribution in [0.1, 0.15) is 38.9 Å². The minimum absolute atomic E-state index is 0.0811. The SMILES string of the molecule is COC(C)(C)c1nsc(N2CCC(N3CCC(Oc4ccc(S(C)(=O)=O)cc4F)C3=O)CC2)n1. The van der Waals surface area contributed by atoms with Gasteiger partial charge in [0.25, 0.3) is 5.91 Å². The quantitative estimate of drug-likeness (QED) is 0.558. The number of hydrogen-bond acceptors (Lipinski definition) is 9. The predicted molar refractivity (Wildman–Crippen MR) is 125 cm³/mol. The van der Waals surface area contributed by atoms with Crippen LogP contribution in [0.4, 0.5) is 9.52 Å². The number of methoxy groups -OCH3 is 1. The van der Waals surface area contributed by atoms with Gasteiger partial charge in [0.15, 0.2) is 33.3 Å². The maximum atomic E-state index is 14.4. The van der Waals surface area contributed by atoms with E-state index in [0.717, 1.165) is 43.4 Å². The third-order valence-corrected chi connectivity index (χ3v) is 8.32. The monoisotopic (exact) mass is 512 g/mol. The number of nitrogens with zero attached hydrogens (tertiary/aromatic N) is 4. The minimum atomic E-state index is -3.52. The van der Waals surface area contributed by atoms with E-state index in [4.69, 9.17) is 9.47 Å². The molecule has 1 aromatic carbocycles. The number of benzene rings is 1. The van der Waals surface area contributed by atoms with E-state index in [9.17, 15) is 17.6 Å². The van der Waals surface area contributed by atoms with Crippen molar-refractivity contribution in [2.45, 2.75) is 55.8 Å². The number of carbonyl (C=O) groups is 1. The van der Waals surface area contributed by atoms with E-state index in [1.54, 1.807) is 7.11 Å². The molecule has 4 rings (SSSR count). The fourth-order valence-corrected chi connectivity index (χ4v) is 5.64. The molecule has 12 heteroatoms. The third-order valence-electron chi connectivity index (χ3n) is 6.43. The van der Waals surface area contributed by atoms with E-state index in [0.29, 0.717) is 18.8 Å². The van der Waals surface area contributed by atoms with Crippen LogP contribution in [0.25, 0.3) is 0 Å². The second kappa shape index (κ2) is 9.38. The van der Waals surface area contributed by atoms with Crippen molar-refractivity contribution in [3.63, 3.8) is 0 Å². The number of likely N-dealkylation sites (tertiary alicyclic amines) is 1. The largest absolute Gasteiger partial charge is 0.477 e. The molecule has 2 fully saturated rings. The second-order valence-corrected chi connectivity index (χ2v) is 11.9. The summed E-state index contributed by atoms with van der Waals surface area (Å²) in [5.41, 5.74) is -0.547. The van der Waals surface area contributed by atoms with Crippen LogP contribution >= 0.6 is 11.5 Å². The molecule has 186 valence electrons. The molecule has 0 radical (unpaired) electrons. The molecule has 1 atom stereocenters. The molecule has 0 aliphatic carbocycles. The van der Waals surface area contributed by atoms with Crippen LogP contribution in [0.5, 0.6) is 5.75 Å². The first kappa shape index (κ1) is 24.8. The molecule has 0 spiro atoms. The van der Waals surface area contributed by atoms with Gasteiger partial charge in [-0.2, -0.15) is 4.37 Å². The summed E-state index contributed by atoms with van der Waals surface area (Å²) >= 11 is 1.35. The first-order valence-electron chi connectivity index (χ1n) is 11.1. The van der Waals surface area contributed by atoms with Gasteiger partial charge in [0.1, 0.15) is 5.60 Å². The molecule has 9 nitrogen and oxygen atoms in total. The number of carbonyl (C=O) groups excluding carboxylic acids is 1. The summed E-state index contributed by atoms with van der Waals surface area (Å²) in [6, 6.07) is 3.55. The van der Waals surface area contributed by atoms with Crippen molar-refractivity contribution in [1.82, 2.24) is 14.3 Å². The third kappa shape index (κ3) is 5.03. The van der Waals surface area contributed by atoms with Gasteiger partial charge in [0.05, 0.1) is 4.90 Å². The molecule has 1 amide bonds. The van der Waals surface area contributed by atoms with Crippen LogP contribution in [-0.2, 0) is 25.0 Å². The Bertz CT molecular complexity index is 1160. The van der Waals surface area contributed by atoms with Crippen LogP contribution in [0.2, 0.25) is 0 Å². The van der Waals surface area contributed by atoms with Crippen molar-refractivity contribution in [2.75, 3.05) is 37.9 Å². The van der Waals surface area contributed by atoms with Crippen LogP contribution < -0.4 is 9.64 Å². The molecule has 0 N–H and O–H groups in total. The highest BCUT2D eigenvalue weighted by atomic mass is 32.2. The predicted octanol–water partition coefficient (Wildman–Crippen LogP) is 2.61. The van der Waals surface area contributed by atoms with Crippen molar-refractivity contribution >= 4 is 32.4 Å². The van der Waals surface area contributed by atoms with Gasteiger partial charge < -0.3 is 19.3 Å². The molecule has 34 heavy (non-hydrogen) atoms. The van der Waals surface area contributed by atoms with E-state index in [2.05, 4.69) is 14.3 Å². The highest BCUT2D eigenvalue weighted by Crippen LogP contribution is 2.31. The van der Waals surface area contributed by atoms with Gasteiger partial charge in [-0.25, -0.2) is 17.8 Å². The van der Waals surface area contributed by atoms with Crippen LogP contribution in [0.3, 0.4) is 0 Å². The topological polar surface area (TPSA) is 102 Å². The lowest BCUT2D eigenvalue weighted by atomic mass is 10.0. The first-order chi connectivity index (χ1) is 16.0. The number of aromatic nitrogens is 2. The fourth-order valence-electron chi connectivity index (χ4n) is 4.16. The van der Waals surface area contributed by atoms with Crippen molar-refractivity contribution in [1.29, 1.82) is 0 Å². The number of anilines is 1. The molecule has 1 unspecified atom stereocenters. The zero-order chi connectivity index (χ0) is 24.7. The Hall–Kier alpha value is -2.31. The Morgan fingerprint density at radius 3 is 2.50 bits per heavy atom. The summed E-state index contributed by atoms with van der Waals surface area (Å²) in [5.74, 6) is -0.419. The normalized spacial score (nSPS) is 20.3. The van der Waals surface area contributed by atoms with E-state index in [-0.39, 0.29) is 22.6 Å². The van der Waals surface area contributed by atoms with Crippen LogP contribution in [0, 0.1) is 5.82 Å². The summed E-state index contributed by atoms with van der Waals surface area (Å²) in [7, 11) is -1.89. The van der Waals surface area contributed by atoms with Gasteiger partial charge in [-0.3, -0.25) is 4.79 Å². The lowest BCUT2D eigenvalue weighted by Gasteiger charge is -2.36. The van der Waals surface area contributed by atoms with Crippen molar-refractivity contribution in [2.24, 2.45) is 0 Å². The number of hydrogen-bond donors (Lipinski definition) is 0. The van der Waals surface area contributed by atoms with Gasteiger partial charge >= 0.3 is 0 Å². The average Bonchev–Trinajstić information content (AvgIpc) is 3.43. The number of amides is 1. The lowest BCUT2D eigenvalue weighted by Crippen LogP contribution is -2.47. The summed E-state index contributed by atoms with van der Waals surface area (Å²) in [6.07, 6.45) is 2.27. The van der Waals surface area contributed by atoms with Crippen LogP contribution in [0.15, 0.2) is 23.1 Å². The van der Waals surface area contributed by atoms with Crippen molar-refractivity contribution in [3.05, 3.63) is 29.8 Å². The van der Waals surface area contributed by atoms with Gasteiger partial charge in [-0.15, -0.1) is 0 Å². The average molecular weight is 513 g/mol. The summed E-state index contributed by atoms with van der Waals surface area (Å²) in [4.78, 5) is 21.5. The smallest absolute Gasteiger partial charge is 0.263 e. The zero-order valence-electron chi connectivity index (χ0n) is 19.7. The molecule has 2 saturated heterocycles. The van der Waals surface area contributed by atoms with E-state index in [1.807, 2.05) is 18.7 Å². The Morgan fingerprint density at radius 1 is 1.18 bits per heavy atom.